The van der Waals surface area contributed by atoms with Gasteiger partial charge in [0.15, 0.2) is 5.82 Å². The molecule has 0 aliphatic carbocycles. The molecule has 1 aromatic carbocycles. The molecule has 2 aliphatic rings. The van der Waals surface area contributed by atoms with Crippen LogP contribution >= 0.6 is 0 Å². The number of benzene rings is 1. The van der Waals surface area contributed by atoms with Gasteiger partial charge in [0.1, 0.15) is 5.56 Å². The summed E-state index contributed by atoms with van der Waals surface area (Å²) >= 11 is 0. The van der Waals surface area contributed by atoms with Gasteiger partial charge in [0.25, 0.3) is 5.91 Å². The lowest BCUT2D eigenvalue weighted by atomic mass is 9.76. The number of carbonyl (C=O) groups excluding carboxylic acids is 1. The molecule has 2 atom stereocenters. The van der Waals surface area contributed by atoms with Gasteiger partial charge in [0.05, 0.1) is 31.2 Å². The minimum absolute atomic E-state index is 0.233. The van der Waals surface area contributed by atoms with E-state index in [0.717, 1.165) is 16.6 Å². The summed E-state index contributed by atoms with van der Waals surface area (Å²) in [5.74, 6) is -0.549. The predicted octanol–water partition coefficient (Wildman–Crippen LogP) is 0.353. The quantitative estimate of drug-likeness (QED) is 0.651. The summed E-state index contributed by atoms with van der Waals surface area (Å²) in [6, 6.07) is 5.71. The van der Waals surface area contributed by atoms with Crippen molar-refractivity contribution < 1.29 is 19.2 Å². The summed E-state index contributed by atoms with van der Waals surface area (Å²) < 4.78 is 12.3. The minimum atomic E-state index is -0.918. The maximum Gasteiger partial charge on any atom is 0.492 e. The van der Waals surface area contributed by atoms with Gasteiger partial charge in [-0.25, -0.2) is 0 Å². The second-order valence-electron chi connectivity index (χ2n) is 7.06. The van der Waals surface area contributed by atoms with Crippen molar-refractivity contribution in [2.45, 2.75) is 26.0 Å². The molecule has 2 aromatic rings. The molecule has 10 heteroatoms. The highest BCUT2D eigenvalue weighted by molar-refractivity contribution is 6.62. The van der Waals surface area contributed by atoms with Crippen LogP contribution in [0.2, 0.25) is 0 Å². The molecule has 1 fully saturated rings. The highest BCUT2D eigenvalue weighted by Gasteiger charge is 2.31. The maximum absolute atomic E-state index is 11.9. The van der Waals surface area contributed by atoms with Crippen molar-refractivity contribution in [3.63, 3.8) is 0 Å². The number of hydrogen-bond donors (Lipinski definition) is 3. The van der Waals surface area contributed by atoms with E-state index in [-0.39, 0.29) is 17.5 Å². The highest BCUT2D eigenvalue weighted by Crippen LogP contribution is 2.29. The standard InChI is InChI=1S/C18H20BN5O4/c1-10-4-13(5-12-8-28-19(26)16(10)12)22-18-14(17(21)25)7-24(23-18)15-9-27-3-2-11(15)6-20/h4-5,7,11,15,26H,2-3,8-9H2,1H3,(H2,21,25)(H,22,23). The molecule has 0 radical (unpaired) electrons. The molecule has 28 heavy (non-hydrogen) atoms. The third-order valence-electron chi connectivity index (χ3n) is 5.21. The van der Waals surface area contributed by atoms with Gasteiger partial charge in [-0.2, -0.15) is 10.4 Å². The molecule has 0 spiro atoms. The van der Waals surface area contributed by atoms with E-state index in [2.05, 4.69) is 16.5 Å². The molecule has 4 rings (SSSR count). The Morgan fingerprint density at radius 3 is 3.11 bits per heavy atom. The number of aromatic nitrogens is 2. The van der Waals surface area contributed by atoms with Crippen LogP contribution in [0.5, 0.6) is 0 Å². The second-order valence-corrected chi connectivity index (χ2v) is 7.06. The molecule has 144 valence electrons. The first-order valence-electron chi connectivity index (χ1n) is 9.04. The molecular formula is C18H20BN5O4. The second kappa shape index (κ2) is 7.28. The fourth-order valence-electron chi connectivity index (χ4n) is 3.77. The highest BCUT2D eigenvalue weighted by atomic mass is 16.5. The Kier molecular flexibility index (Phi) is 4.81. The van der Waals surface area contributed by atoms with E-state index in [9.17, 15) is 15.1 Å². The Bertz CT molecular complexity index is 970. The topological polar surface area (TPSA) is 135 Å². The summed E-state index contributed by atoms with van der Waals surface area (Å²) in [5.41, 5.74) is 8.99. The summed E-state index contributed by atoms with van der Waals surface area (Å²) in [4.78, 5) is 11.9. The van der Waals surface area contributed by atoms with Crippen LogP contribution in [0.3, 0.4) is 0 Å². The number of amides is 1. The van der Waals surface area contributed by atoms with Gasteiger partial charge in [-0.3, -0.25) is 9.48 Å². The number of aryl methyl sites for hydroxylation is 1. The van der Waals surface area contributed by atoms with Crippen molar-refractivity contribution in [1.29, 1.82) is 5.26 Å². The Balaban J connectivity index is 1.67. The number of rotatable bonds is 4. The van der Waals surface area contributed by atoms with E-state index in [4.69, 9.17) is 15.1 Å². The van der Waals surface area contributed by atoms with E-state index >= 15 is 0 Å². The lowest BCUT2D eigenvalue weighted by Crippen LogP contribution is -2.30. The van der Waals surface area contributed by atoms with Gasteiger partial charge in [0, 0.05) is 18.5 Å². The average Bonchev–Trinajstić information content (AvgIpc) is 3.26. The van der Waals surface area contributed by atoms with E-state index in [1.807, 2.05) is 19.1 Å². The third-order valence-corrected chi connectivity index (χ3v) is 5.21. The van der Waals surface area contributed by atoms with Crippen molar-refractivity contribution in [3.8, 4) is 6.07 Å². The van der Waals surface area contributed by atoms with Crippen molar-refractivity contribution in [2.24, 2.45) is 11.7 Å². The van der Waals surface area contributed by atoms with Crippen LogP contribution < -0.4 is 16.5 Å². The first kappa shape index (κ1) is 18.5. The molecule has 2 aliphatic heterocycles. The van der Waals surface area contributed by atoms with Crippen LogP contribution in [0.15, 0.2) is 18.3 Å². The van der Waals surface area contributed by atoms with E-state index in [0.29, 0.717) is 37.7 Å². The number of primary amides is 1. The number of carbonyl (C=O) groups is 1. The van der Waals surface area contributed by atoms with Crippen LogP contribution in [0, 0.1) is 24.2 Å². The molecule has 9 nitrogen and oxygen atoms in total. The summed E-state index contributed by atoms with van der Waals surface area (Å²) in [6.45, 7) is 3.08. The monoisotopic (exact) mass is 381 g/mol. The first-order valence-corrected chi connectivity index (χ1v) is 9.04. The van der Waals surface area contributed by atoms with Crippen LogP contribution in [-0.2, 0) is 16.0 Å². The zero-order chi connectivity index (χ0) is 19.8. The lowest BCUT2D eigenvalue weighted by molar-refractivity contribution is 0.0342. The molecule has 1 amide bonds. The van der Waals surface area contributed by atoms with Crippen LogP contribution in [0.1, 0.15) is 33.9 Å². The SMILES string of the molecule is Cc1cc(Nc2nn(C3COCCC3C#N)cc2C(N)=O)cc2c1B(O)OC2. The smallest absolute Gasteiger partial charge is 0.423 e. The summed E-state index contributed by atoms with van der Waals surface area (Å²) in [7, 11) is -0.918. The Morgan fingerprint density at radius 1 is 1.54 bits per heavy atom. The van der Waals surface area contributed by atoms with E-state index in [1.54, 1.807) is 10.9 Å². The number of nitriles is 1. The van der Waals surface area contributed by atoms with Gasteiger partial charge in [-0.1, -0.05) is 0 Å². The summed E-state index contributed by atoms with van der Waals surface area (Å²) in [5, 5.41) is 26.9. The summed E-state index contributed by atoms with van der Waals surface area (Å²) in [6.07, 6.45) is 2.17. The van der Waals surface area contributed by atoms with Crippen LogP contribution in [0.25, 0.3) is 0 Å². The van der Waals surface area contributed by atoms with Crippen LogP contribution in [0.4, 0.5) is 11.5 Å². The van der Waals surface area contributed by atoms with Crippen molar-refractivity contribution >= 4 is 30.0 Å². The number of fused-ring (bicyclic) bond motifs is 1. The number of nitrogens with one attached hydrogen (secondary N) is 1. The van der Waals surface area contributed by atoms with Gasteiger partial charge in [-0.15, -0.1) is 0 Å². The predicted molar refractivity (Wildman–Crippen MR) is 101 cm³/mol. The third kappa shape index (κ3) is 3.24. The lowest BCUT2D eigenvalue weighted by Gasteiger charge is -2.26. The van der Waals surface area contributed by atoms with Crippen molar-refractivity contribution in [3.05, 3.63) is 35.0 Å². The Morgan fingerprint density at radius 2 is 2.36 bits per heavy atom. The van der Waals surface area contributed by atoms with Crippen LogP contribution in [-0.4, -0.2) is 41.0 Å². The molecule has 0 saturated carbocycles. The zero-order valence-electron chi connectivity index (χ0n) is 15.4. The van der Waals surface area contributed by atoms with E-state index in [1.165, 1.54) is 0 Å². The van der Waals surface area contributed by atoms with Gasteiger partial charge < -0.3 is 25.5 Å². The number of nitrogens with two attached hydrogens (primary N) is 1. The first-order chi connectivity index (χ1) is 13.5. The number of ether oxygens (including phenoxy) is 1. The maximum atomic E-state index is 11.9. The number of hydrogen-bond acceptors (Lipinski definition) is 7. The molecule has 2 unspecified atom stereocenters. The Labute approximate surface area is 162 Å². The number of nitrogens with zero attached hydrogens (tertiary/aromatic N) is 3. The molecular weight excluding hydrogens is 361 g/mol. The minimum Gasteiger partial charge on any atom is -0.423 e. The fraction of sp³-hybridized carbons (Fsp3) is 0.389. The zero-order valence-corrected chi connectivity index (χ0v) is 15.4. The van der Waals surface area contributed by atoms with Gasteiger partial charge >= 0.3 is 7.12 Å². The molecule has 0 bridgehead atoms. The molecule has 4 N–H and O–H groups in total. The normalized spacial score (nSPS) is 21.2. The average molecular weight is 381 g/mol. The van der Waals surface area contributed by atoms with Gasteiger partial charge in [-0.05, 0) is 42.1 Å². The fourth-order valence-corrected chi connectivity index (χ4v) is 3.77. The van der Waals surface area contributed by atoms with E-state index < -0.39 is 13.0 Å². The molecule has 1 saturated heterocycles. The van der Waals surface area contributed by atoms with Gasteiger partial charge in [0.2, 0.25) is 0 Å². The number of anilines is 2. The largest absolute Gasteiger partial charge is 0.492 e. The van der Waals surface area contributed by atoms with Crippen molar-refractivity contribution in [1.82, 2.24) is 9.78 Å². The molecule has 1 aromatic heterocycles. The van der Waals surface area contributed by atoms with Crippen molar-refractivity contribution in [2.75, 3.05) is 18.5 Å². The molecule has 3 heterocycles. The Hall–Kier alpha value is -2.87.